The smallest absolute Gasteiger partial charge is 0.309 e. The van der Waals surface area contributed by atoms with E-state index in [9.17, 15) is 9.59 Å². The molecule has 0 aliphatic carbocycles. The molecule has 0 N–H and O–H groups in total. The molecule has 0 unspecified atom stereocenters. The summed E-state index contributed by atoms with van der Waals surface area (Å²) < 4.78 is 0. The normalized spacial score (nSPS) is 21.2. The highest BCUT2D eigenvalue weighted by Gasteiger charge is 2.57. The number of urea groups is 1. The van der Waals surface area contributed by atoms with Gasteiger partial charge < -0.3 is 9.80 Å². The quantitative estimate of drug-likeness (QED) is 0.673. The molecule has 3 amide bonds. The number of rotatable bonds is 7. The van der Waals surface area contributed by atoms with Gasteiger partial charge in [-0.3, -0.25) is 14.7 Å². The second-order valence-electron chi connectivity index (χ2n) is 8.69. The predicted octanol–water partition coefficient (Wildman–Crippen LogP) is 3.53. The van der Waals surface area contributed by atoms with Crippen molar-refractivity contribution in [1.29, 1.82) is 0 Å². The Balaban J connectivity index is 1.83. The average Bonchev–Trinajstić information content (AvgIpc) is 2.88. The minimum Gasteiger partial charge on any atom is -0.309 e. The van der Waals surface area contributed by atoms with Gasteiger partial charge in [0.05, 0.1) is 6.54 Å². The molecule has 0 bridgehead atoms. The maximum atomic E-state index is 13.5. The number of imide groups is 1. The van der Waals surface area contributed by atoms with Crippen LogP contribution in [0.25, 0.3) is 0 Å². The second kappa shape index (κ2) is 8.60. The summed E-state index contributed by atoms with van der Waals surface area (Å²) in [5.41, 5.74) is 0.222. The van der Waals surface area contributed by atoms with Gasteiger partial charge in [-0.15, -0.1) is 0 Å². The highest BCUT2D eigenvalue weighted by Crippen LogP contribution is 2.39. The van der Waals surface area contributed by atoms with Gasteiger partial charge in [0.2, 0.25) is 0 Å². The second-order valence-corrected chi connectivity index (χ2v) is 8.69. The van der Waals surface area contributed by atoms with Crippen molar-refractivity contribution in [2.75, 3.05) is 19.6 Å². The van der Waals surface area contributed by atoms with E-state index < -0.39 is 5.54 Å². The summed E-state index contributed by atoms with van der Waals surface area (Å²) in [5.74, 6) is 0.474. The Morgan fingerprint density at radius 3 is 2.46 bits per heavy atom. The Kier molecular flexibility index (Phi) is 6.38. The van der Waals surface area contributed by atoms with E-state index in [-0.39, 0.29) is 11.9 Å². The molecule has 0 radical (unpaired) electrons. The number of hydrogen-bond acceptors (Lipinski definition) is 4. The van der Waals surface area contributed by atoms with Crippen molar-refractivity contribution in [3.8, 4) is 0 Å². The summed E-state index contributed by atoms with van der Waals surface area (Å²) >= 11 is 0. The van der Waals surface area contributed by atoms with Crippen molar-refractivity contribution in [2.45, 2.75) is 71.5 Å². The van der Waals surface area contributed by atoms with E-state index in [2.05, 4.69) is 37.6 Å². The average molecular weight is 387 g/mol. The van der Waals surface area contributed by atoms with Gasteiger partial charge in [-0.25, -0.2) is 4.79 Å². The predicted molar refractivity (Wildman–Crippen MR) is 110 cm³/mol. The number of nitrogens with zero attached hydrogens (tertiary/aromatic N) is 4. The first kappa shape index (κ1) is 20.8. The summed E-state index contributed by atoms with van der Waals surface area (Å²) in [4.78, 5) is 36.7. The number of carbonyl (C=O) groups is 2. The van der Waals surface area contributed by atoms with E-state index >= 15 is 0 Å². The van der Waals surface area contributed by atoms with Gasteiger partial charge in [0.15, 0.2) is 0 Å². The zero-order chi connectivity index (χ0) is 20.3. The third kappa shape index (κ3) is 3.93. The number of pyridine rings is 1. The third-order valence-corrected chi connectivity index (χ3v) is 6.45. The maximum Gasteiger partial charge on any atom is 0.327 e. The minimum absolute atomic E-state index is 0.0195. The van der Waals surface area contributed by atoms with Crippen LogP contribution in [-0.2, 0) is 11.3 Å². The Labute approximate surface area is 168 Å². The molecular weight excluding hydrogens is 352 g/mol. The molecule has 2 aliphatic heterocycles. The number of carbonyl (C=O) groups excluding carboxylic acids is 2. The molecular formula is C22H34N4O2. The van der Waals surface area contributed by atoms with Crippen molar-refractivity contribution in [3.05, 3.63) is 30.1 Å². The Hall–Kier alpha value is -1.95. The topological polar surface area (TPSA) is 56.8 Å². The molecule has 1 aromatic heterocycles. The first-order valence-corrected chi connectivity index (χ1v) is 10.7. The SMILES string of the molecule is CC[C@@H](C)N1CCC2(CC1)C(=O)N(Cc1cccnc1)C(=O)N2CCC(C)C. The van der Waals surface area contributed by atoms with Gasteiger partial charge in [-0.05, 0) is 50.2 Å². The van der Waals surface area contributed by atoms with Gasteiger partial charge in [0, 0.05) is 38.1 Å². The van der Waals surface area contributed by atoms with Crippen molar-refractivity contribution in [1.82, 2.24) is 19.7 Å². The molecule has 2 aliphatic rings. The Morgan fingerprint density at radius 2 is 1.89 bits per heavy atom. The summed E-state index contributed by atoms with van der Waals surface area (Å²) in [6.07, 6.45) is 6.90. The van der Waals surface area contributed by atoms with Crippen LogP contribution in [0.4, 0.5) is 4.79 Å². The molecule has 6 heteroatoms. The molecule has 1 aromatic rings. The Morgan fingerprint density at radius 1 is 1.18 bits per heavy atom. The fraction of sp³-hybridized carbons (Fsp3) is 0.682. The lowest BCUT2D eigenvalue weighted by molar-refractivity contribution is -0.136. The van der Waals surface area contributed by atoms with E-state index in [1.165, 1.54) is 4.90 Å². The van der Waals surface area contributed by atoms with Crippen LogP contribution in [0.5, 0.6) is 0 Å². The van der Waals surface area contributed by atoms with E-state index in [4.69, 9.17) is 0 Å². The molecule has 3 heterocycles. The molecule has 28 heavy (non-hydrogen) atoms. The summed E-state index contributed by atoms with van der Waals surface area (Å²) in [6.45, 7) is 11.5. The molecule has 2 fully saturated rings. The fourth-order valence-electron chi connectivity index (χ4n) is 4.37. The van der Waals surface area contributed by atoms with Crippen LogP contribution >= 0.6 is 0 Å². The molecule has 2 saturated heterocycles. The lowest BCUT2D eigenvalue weighted by Crippen LogP contribution is -2.57. The molecule has 0 aromatic carbocycles. The monoisotopic (exact) mass is 386 g/mol. The van der Waals surface area contributed by atoms with Crippen LogP contribution in [0.3, 0.4) is 0 Å². The fourth-order valence-corrected chi connectivity index (χ4v) is 4.37. The zero-order valence-electron chi connectivity index (χ0n) is 17.7. The van der Waals surface area contributed by atoms with Crippen LogP contribution in [-0.4, -0.2) is 62.8 Å². The van der Waals surface area contributed by atoms with Gasteiger partial charge in [0.1, 0.15) is 5.54 Å². The van der Waals surface area contributed by atoms with Crippen molar-refractivity contribution < 1.29 is 9.59 Å². The van der Waals surface area contributed by atoms with Crippen LogP contribution in [0.15, 0.2) is 24.5 Å². The van der Waals surface area contributed by atoms with Gasteiger partial charge in [0.25, 0.3) is 5.91 Å². The van der Waals surface area contributed by atoms with Crippen molar-refractivity contribution in [2.24, 2.45) is 5.92 Å². The lowest BCUT2D eigenvalue weighted by Gasteiger charge is -2.44. The summed E-state index contributed by atoms with van der Waals surface area (Å²) in [7, 11) is 0. The number of amides is 3. The highest BCUT2D eigenvalue weighted by atomic mass is 16.2. The standard InChI is InChI=1S/C22H34N4O2/c1-5-18(4)24-13-9-22(10-14-24)20(27)25(16-19-7-6-11-23-15-19)21(28)26(22)12-8-17(2)3/h6-7,11,15,17-18H,5,8-10,12-14,16H2,1-4H3/t18-/m1/s1. The molecule has 3 rings (SSSR count). The minimum atomic E-state index is -0.669. The largest absolute Gasteiger partial charge is 0.327 e. The molecule has 1 atom stereocenters. The van der Waals surface area contributed by atoms with E-state index in [0.29, 0.717) is 25.0 Å². The summed E-state index contributed by atoms with van der Waals surface area (Å²) in [6, 6.07) is 4.14. The van der Waals surface area contributed by atoms with Crippen molar-refractivity contribution >= 4 is 11.9 Å². The molecule has 0 saturated carbocycles. The van der Waals surface area contributed by atoms with Crippen LogP contribution in [0.2, 0.25) is 0 Å². The van der Waals surface area contributed by atoms with Gasteiger partial charge >= 0.3 is 6.03 Å². The first-order chi connectivity index (χ1) is 13.4. The highest BCUT2D eigenvalue weighted by molar-refractivity contribution is 6.07. The zero-order valence-corrected chi connectivity index (χ0v) is 17.7. The van der Waals surface area contributed by atoms with E-state index in [1.54, 1.807) is 12.4 Å². The van der Waals surface area contributed by atoms with Crippen LogP contribution < -0.4 is 0 Å². The molecule has 1 spiro atoms. The van der Waals surface area contributed by atoms with E-state index in [1.807, 2.05) is 17.0 Å². The summed E-state index contributed by atoms with van der Waals surface area (Å²) in [5, 5.41) is 0. The number of aromatic nitrogens is 1. The van der Waals surface area contributed by atoms with Crippen LogP contribution in [0.1, 0.15) is 58.9 Å². The first-order valence-electron chi connectivity index (χ1n) is 10.7. The van der Waals surface area contributed by atoms with Crippen molar-refractivity contribution in [3.63, 3.8) is 0 Å². The number of hydrogen-bond donors (Lipinski definition) is 0. The molecule has 154 valence electrons. The maximum absolute atomic E-state index is 13.5. The van der Waals surface area contributed by atoms with Crippen LogP contribution in [0, 0.1) is 5.92 Å². The third-order valence-electron chi connectivity index (χ3n) is 6.45. The number of piperidine rings is 1. The Bertz CT molecular complexity index is 683. The van der Waals surface area contributed by atoms with E-state index in [0.717, 1.165) is 44.3 Å². The molecule has 6 nitrogen and oxygen atoms in total. The van der Waals surface area contributed by atoms with Gasteiger partial charge in [-0.2, -0.15) is 0 Å². The van der Waals surface area contributed by atoms with Gasteiger partial charge in [-0.1, -0.05) is 26.8 Å². The lowest BCUT2D eigenvalue weighted by atomic mass is 9.84. The number of likely N-dealkylation sites (tertiary alicyclic amines) is 1.